The van der Waals surface area contributed by atoms with Crippen LogP contribution in [0.15, 0.2) is 12.2 Å². The van der Waals surface area contributed by atoms with Crippen LogP contribution in [0.5, 0.6) is 0 Å². The summed E-state index contributed by atoms with van der Waals surface area (Å²) in [6.07, 6.45) is 2.82. The normalized spacial score (nSPS) is 11.1. The van der Waals surface area contributed by atoms with Crippen molar-refractivity contribution in [1.29, 1.82) is 0 Å². The largest absolute Gasteiger partial charge is 0.481 e. The van der Waals surface area contributed by atoms with E-state index in [0.717, 1.165) is 0 Å². The number of allylic oxidation sites excluding steroid dienone is 2. The summed E-state index contributed by atoms with van der Waals surface area (Å²) in [5.74, 6) is -0.809. The number of rotatable bonds is 5. The lowest BCUT2D eigenvalue weighted by Gasteiger charge is -2.06. The van der Waals surface area contributed by atoms with Crippen molar-refractivity contribution in [1.82, 2.24) is 0 Å². The highest BCUT2D eigenvalue weighted by molar-refractivity contribution is 8.26. The molecule has 0 aromatic rings. The summed E-state index contributed by atoms with van der Waals surface area (Å²) in [4.78, 5) is 19.7. The summed E-state index contributed by atoms with van der Waals surface area (Å²) in [5, 5.41) is 7.81. The molecule has 0 aliphatic rings. The zero-order valence-electron chi connectivity index (χ0n) is 10.8. The fourth-order valence-electron chi connectivity index (χ4n) is 0.720. The Hall–Kier alpha value is -0.140. The van der Waals surface area contributed by atoms with Crippen LogP contribution in [0.25, 0.3) is 0 Å². The molecule has 0 spiro atoms. The highest BCUT2D eigenvalue weighted by Crippen LogP contribution is 1.95. The first kappa shape index (κ1) is 23.9. The molecule has 0 amide bonds. The van der Waals surface area contributed by atoms with Gasteiger partial charge < -0.3 is 9.84 Å². The maximum atomic E-state index is 10.0. The lowest BCUT2D eigenvalue weighted by Crippen LogP contribution is -2.13. The average molecular weight is 356 g/mol. The second-order valence-electron chi connectivity index (χ2n) is 2.85. The van der Waals surface area contributed by atoms with Crippen LogP contribution < -0.4 is 0 Å². The van der Waals surface area contributed by atoms with E-state index in [9.17, 15) is 9.59 Å². The molecule has 0 aliphatic carbocycles. The average Bonchev–Trinajstić information content (AvgIpc) is 2.15. The smallest absolute Gasteiger partial charge is 0.305 e. The summed E-state index contributed by atoms with van der Waals surface area (Å²) in [5.41, 5.74) is 0. The van der Waals surface area contributed by atoms with Gasteiger partial charge in [0.25, 0.3) is 0 Å². The van der Waals surface area contributed by atoms with Crippen LogP contribution in [0.2, 0.25) is 0 Å². The molecule has 9 heteroatoms. The summed E-state index contributed by atoms with van der Waals surface area (Å²) >= 11 is 4.85. The Labute approximate surface area is 129 Å². The Morgan fingerprint density at radius 3 is 2.00 bits per heavy atom. The number of aliphatic carboxylic acids is 1. The number of carboxylic acid groups (broad SMARTS) is 1. The first-order valence-corrected chi connectivity index (χ1v) is 8.25. The molecule has 0 aliphatic heterocycles. The highest BCUT2D eigenvalue weighted by atomic mass is 36.0. The van der Waals surface area contributed by atoms with Gasteiger partial charge in [-0.3, -0.25) is 9.59 Å². The van der Waals surface area contributed by atoms with Crippen molar-refractivity contribution in [2.75, 3.05) is 6.61 Å². The monoisotopic (exact) mass is 354 g/mol. The summed E-state index contributed by atoms with van der Waals surface area (Å²) in [7, 11) is 7.36. The van der Waals surface area contributed by atoms with Gasteiger partial charge in [0.2, 0.25) is 14.5 Å². The molecular formula is C10H17Cl3O5S. The van der Waals surface area contributed by atoms with Crippen LogP contribution >= 0.6 is 33.0 Å². The maximum Gasteiger partial charge on any atom is 0.305 e. The lowest BCUT2D eigenvalue weighted by molar-refractivity contribution is -0.139. The predicted octanol–water partition coefficient (Wildman–Crippen LogP) is 3.26. The minimum absolute atomic E-state index is 0.0911. The molecule has 0 aromatic carbocycles. The molecule has 1 atom stereocenters. The zero-order valence-corrected chi connectivity index (χ0v) is 13.9. The molecule has 0 bridgehead atoms. The van der Waals surface area contributed by atoms with Gasteiger partial charge in [-0.2, -0.15) is 0 Å². The number of hydrogen-bond donors (Lipinski definition) is 1. The molecule has 1 unspecified atom stereocenters. The van der Waals surface area contributed by atoms with Gasteiger partial charge in [-0.25, -0.2) is 4.21 Å². The van der Waals surface area contributed by atoms with E-state index >= 15 is 0 Å². The molecule has 0 heterocycles. The highest BCUT2D eigenvalue weighted by Gasteiger charge is 2.05. The Morgan fingerprint density at radius 1 is 1.42 bits per heavy atom. The number of hydrogen-bond acceptors (Lipinski definition) is 4. The fraction of sp³-hybridized carbons (Fsp3) is 0.600. The summed E-state index contributed by atoms with van der Waals surface area (Å²) < 4.78 is 14.1. The second-order valence-corrected chi connectivity index (χ2v) is 5.75. The van der Waals surface area contributed by atoms with Crippen molar-refractivity contribution in [2.24, 2.45) is 0 Å². The van der Waals surface area contributed by atoms with Gasteiger partial charge in [0, 0.05) is 28.0 Å². The molecule has 114 valence electrons. The Kier molecular flexibility index (Phi) is 22.5. The first-order valence-electron chi connectivity index (χ1n) is 5.07. The fourth-order valence-corrected chi connectivity index (χ4v) is 0.846. The number of carbonyl (C=O) groups is 2. The lowest BCUT2D eigenvalue weighted by atomic mass is 10.3. The molecule has 0 fully saturated rings. The second kappa shape index (κ2) is 17.9. The van der Waals surface area contributed by atoms with Gasteiger partial charge in [-0.15, -0.1) is 0 Å². The predicted molar refractivity (Wildman–Crippen MR) is 78.9 cm³/mol. The van der Waals surface area contributed by atoms with Crippen LogP contribution in [-0.4, -0.2) is 33.2 Å². The van der Waals surface area contributed by atoms with Crippen molar-refractivity contribution >= 4 is 53.4 Å². The molecule has 0 aromatic heterocycles. The SMILES string of the molecule is C/C=C/C(=O)Cl.CCOC(C)CC(=O)O.O=S(Cl)Cl. The number of carbonyl (C=O) groups excluding carboxylic acids is 1. The van der Waals surface area contributed by atoms with E-state index in [-0.39, 0.29) is 12.5 Å². The molecule has 5 nitrogen and oxygen atoms in total. The van der Waals surface area contributed by atoms with Crippen LogP contribution in [-0.2, 0) is 23.6 Å². The number of ether oxygens (including phenoxy) is 1. The molecule has 19 heavy (non-hydrogen) atoms. The topological polar surface area (TPSA) is 80.7 Å². The summed E-state index contributed by atoms with van der Waals surface area (Å²) in [6.45, 7) is 5.91. The standard InChI is InChI=1S/C6H12O3.C4H5ClO.Cl2OS/c1-3-9-5(2)4-6(7)8;1-2-3-4(5)6;1-4(2)3/h5H,3-4H2,1-2H3,(H,7,8);2-3H,1H3;/b;3-2+;. The van der Waals surface area contributed by atoms with E-state index in [0.29, 0.717) is 6.61 Å². The van der Waals surface area contributed by atoms with E-state index in [1.807, 2.05) is 6.92 Å². The van der Waals surface area contributed by atoms with Gasteiger partial charge in [0.1, 0.15) is 0 Å². The van der Waals surface area contributed by atoms with E-state index in [1.165, 1.54) is 6.08 Å². The maximum absolute atomic E-state index is 10.0. The van der Waals surface area contributed by atoms with Crippen molar-refractivity contribution in [3.63, 3.8) is 0 Å². The van der Waals surface area contributed by atoms with Crippen LogP contribution in [0.4, 0.5) is 0 Å². The quantitative estimate of drug-likeness (QED) is 0.605. The van der Waals surface area contributed by atoms with E-state index in [4.69, 9.17) is 25.7 Å². The van der Waals surface area contributed by atoms with Crippen molar-refractivity contribution in [2.45, 2.75) is 33.3 Å². The van der Waals surface area contributed by atoms with Crippen molar-refractivity contribution < 1.29 is 23.6 Å². The van der Waals surface area contributed by atoms with Crippen LogP contribution in [0.3, 0.4) is 0 Å². The number of halogens is 3. The first-order chi connectivity index (χ1) is 8.67. The number of carboxylic acids is 1. The van der Waals surface area contributed by atoms with Gasteiger partial charge in [-0.1, -0.05) is 6.08 Å². The molecule has 0 rings (SSSR count). The van der Waals surface area contributed by atoms with E-state index in [2.05, 4.69) is 21.4 Å². The molecular weight excluding hydrogens is 339 g/mol. The minimum atomic E-state index is -1.67. The van der Waals surface area contributed by atoms with Crippen LogP contribution in [0, 0.1) is 0 Å². The van der Waals surface area contributed by atoms with Crippen LogP contribution in [0.1, 0.15) is 27.2 Å². The van der Waals surface area contributed by atoms with E-state index < -0.39 is 20.4 Å². The third kappa shape index (κ3) is 46.2. The molecule has 1 N–H and O–H groups in total. The third-order valence-corrected chi connectivity index (χ3v) is 1.34. The van der Waals surface area contributed by atoms with Crippen molar-refractivity contribution in [3.8, 4) is 0 Å². The van der Waals surface area contributed by atoms with E-state index in [1.54, 1.807) is 19.9 Å². The minimum Gasteiger partial charge on any atom is -0.481 e. The molecule has 0 saturated heterocycles. The Morgan fingerprint density at radius 2 is 1.84 bits per heavy atom. The van der Waals surface area contributed by atoms with Gasteiger partial charge in [0.05, 0.1) is 12.5 Å². The van der Waals surface area contributed by atoms with Gasteiger partial charge in [-0.05, 0) is 38.4 Å². The molecule has 0 radical (unpaired) electrons. The summed E-state index contributed by atoms with van der Waals surface area (Å²) in [6, 6.07) is 0. The molecule has 0 saturated carbocycles. The van der Waals surface area contributed by atoms with Gasteiger partial charge in [0.15, 0.2) is 0 Å². The Bertz CT molecular complexity index is 293. The Balaban J connectivity index is -0.000000222. The third-order valence-electron chi connectivity index (χ3n) is 1.21. The van der Waals surface area contributed by atoms with Crippen molar-refractivity contribution in [3.05, 3.63) is 12.2 Å². The van der Waals surface area contributed by atoms with Gasteiger partial charge >= 0.3 is 5.97 Å². The zero-order chi connectivity index (χ0) is 15.8.